The van der Waals surface area contributed by atoms with Gasteiger partial charge in [-0.1, -0.05) is 12.1 Å². The van der Waals surface area contributed by atoms with Gasteiger partial charge < -0.3 is 10.4 Å². The van der Waals surface area contributed by atoms with Gasteiger partial charge in [-0.3, -0.25) is 0 Å². The Morgan fingerprint density at radius 1 is 1.39 bits per heavy atom. The van der Waals surface area contributed by atoms with E-state index in [9.17, 15) is 8.78 Å². The maximum absolute atomic E-state index is 12.1. The predicted molar refractivity (Wildman–Crippen MR) is 68.0 cm³/mol. The van der Waals surface area contributed by atoms with Gasteiger partial charge in [-0.2, -0.15) is 0 Å². The van der Waals surface area contributed by atoms with Crippen LogP contribution in [0.1, 0.15) is 18.0 Å². The van der Waals surface area contributed by atoms with Crippen molar-refractivity contribution < 1.29 is 13.9 Å². The van der Waals surface area contributed by atoms with E-state index in [4.69, 9.17) is 5.11 Å². The van der Waals surface area contributed by atoms with Gasteiger partial charge in [0.05, 0.1) is 16.3 Å². The van der Waals surface area contributed by atoms with E-state index in [0.717, 1.165) is 15.2 Å². The normalized spacial score (nSPS) is 15.2. The minimum Gasteiger partial charge on any atom is -0.386 e. The molecule has 2 unspecified atom stereocenters. The summed E-state index contributed by atoms with van der Waals surface area (Å²) in [5, 5.41) is 12.7. The zero-order chi connectivity index (χ0) is 13.1. The summed E-state index contributed by atoms with van der Waals surface area (Å²) < 4.78 is 25.4. The van der Waals surface area contributed by atoms with Crippen molar-refractivity contribution in [2.45, 2.75) is 25.5 Å². The van der Waals surface area contributed by atoms with E-state index in [1.807, 2.05) is 31.2 Å². The van der Waals surface area contributed by atoms with Crippen LogP contribution >= 0.6 is 11.3 Å². The van der Waals surface area contributed by atoms with E-state index in [1.54, 1.807) is 0 Å². The lowest BCUT2D eigenvalue weighted by atomic mass is 10.3. The second kappa shape index (κ2) is 5.69. The molecule has 0 amide bonds. The van der Waals surface area contributed by atoms with Crippen LogP contribution in [0, 0.1) is 0 Å². The molecule has 2 atom stereocenters. The fourth-order valence-corrected chi connectivity index (χ4v) is 2.54. The van der Waals surface area contributed by atoms with E-state index < -0.39 is 12.5 Å². The summed E-state index contributed by atoms with van der Waals surface area (Å²) in [6.07, 6.45) is -4.36. The van der Waals surface area contributed by atoms with Crippen molar-refractivity contribution in [2.75, 3.05) is 6.54 Å². The number of para-hydroxylation sites is 1. The van der Waals surface area contributed by atoms with Crippen LogP contribution in [-0.2, 0) is 0 Å². The lowest BCUT2D eigenvalue weighted by Crippen LogP contribution is -2.33. The van der Waals surface area contributed by atoms with Gasteiger partial charge in [0.25, 0.3) is 6.43 Å². The molecule has 0 radical (unpaired) electrons. The molecule has 0 spiro atoms. The molecule has 0 aliphatic carbocycles. The van der Waals surface area contributed by atoms with Crippen LogP contribution < -0.4 is 5.32 Å². The number of thiazole rings is 1. The molecule has 0 aliphatic rings. The highest BCUT2D eigenvalue weighted by Crippen LogP contribution is 2.25. The number of hydrogen-bond acceptors (Lipinski definition) is 4. The van der Waals surface area contributed by atoms with Crippen LogP contribution in [0.5, 0.6) is 0 Å². The summed E-state index contributed by atoms with van der Waals surface area (Å²) in [6.45, 7) is 1.70. The number of nitrogens with one attached hydrogen (secondary N) is 1. The Morgan fingerprint density at radius 2 is 2.11 bits per heavy atom. The second-order valence-corrected chi connectivity index (χ2v) is 5.11. The number of benzene rings is 1. The minimum absolute atomic E-state index is 0.144. The summed E-state index contributed by atoms with van der Waals surface area (Å²) >= 11 is 1.52. The molecule has 98 valence electrons. The van der Waals surface area contributed by atoms with Gasteiger partial charge in [0.1, 0.15) is 11.1 Å². The van der Waals surface area contributed by atoms with Crippen LogP contribution in [0.25, 0.3) is 10.2 Å². The van der Waals surface area contributed by atoms with Crippen LogP contribution in [0.2, 0.25) is 0 Å². The number of aliphatic hydroxyl groups is 1. The van der Waals surface area contributed by atoms with Gasteiger partial charge in [-0.25, -0.2) is 13.8 Å². The first-order valence-electron chi connectivity index (χ1n) is 5.63. The van der Waals surface area contributed by atoms with Crippen molar-refractivity contribution in [3.05, 3.63) is 29.3 Å². The first-order chi connectivity index (χ1) is 8.58. The predicted octanol–water partition coefficient (Wildman–Crippen LogP) is 2.57. The average Bonchev–Trinajstić information content (AvgIpc) is 2.79. The van der Waals surface area contributed by atoms with Crippen LogP contribution in [0.4, 0.5) is 8.78 Å². The van der Waals surface area contributed by atoms with Gasteiger partial charge in [0.15, 0.2) is 0 Å². The minimum atomic E-state index is -2.72. The number of nitrogens with zero attached hydrogens (tertiary/aromatic N) is 1. The number of hydrogen-bond donors (Lipinski definition) is 2. The third kappa shape index (κ3) is 3.01. The molecule has 6 heteroatoms. The average molecular weight is 272 g/mol. The Morgan fingerprint density at radius 3 is 2.78 bits per heavy atom. The molecule has 0 aliphatic heterocycles. The van der Waals surface area contributed by atoms with Crippen molar-refractivity contribution in [1.29, 1.82) is 0 Å². The fourth-order valence-electron chi connectivity index (χ4n) is 1.55. The standard InChI is InChI=1S/C12H14F2N2OS/c1-7(15-6-9(17)11(13)14)12-16-8-4-2-3-5-10(8)18-12/h2-5,7,9,11,15,17H,6H2,1H3. The van der Waals surface area contributed by atoms with Crippen LogP contribution in [0.15, 0.2) is 24.3 Å². The molecule has 0 fully saturated rings. The lowest BCUT2D eigenvalue weighted by Gasteiger charge is -2.14. The molecule has 3 nitrogen and oxygen atoms in total. The molecule has 18 heavy (non-hydrogen) atoms. The monoisotopic (exact) mass is 272 g/mol. The molecule has 2 aromatic rings. The van der Waals surface area contributed by atoms with E-state index in [0.29, 0.717) is 0 Å². The van der Waals surface area contributed by atoms with Gasteiger partial charge >= 0.3 is 0 Å². The Balaban J connectivity index is 2.02. The fraction of sp³-hybridized carbons (Fsp3) is 0.417. The molecule has 0 saturated carbocycles. The molecule has 1 aromatic carbocycles. The zero-order valence-corrected chi connectivity index (χ0v) is 10.6. The van der Waals surface area contributed by atoms with E-state index in [2.05, 4.69) is 10.3 Å². The SMILES string of the molecule is CC(NCC(O)C(F)F)c1nc2ccccc2s1. The van der Waals surface area contributed by atoms with Crippen molar-refractivity contribution >= 4 is 21.6 Å². The molecule has 1 heterocycles. The van der Waals surface area contributed by atoms with Crippen molar-refractivity contribution in [3.8, 4) is 0 Å². The molecular formula is C12H14F2N2OS. The topological polar surface area (TPSA) is 45.1 Å². The largest absolute Gasteiger partial charge is 0.386 e. The second-order valence-electron chi connectivity index (χ2n) is 4.05. The summed E-state index contributed by atoms with van der Waals surface area (Å²) in [6, 6.07) is 7.57. The number of halogens is 2. The Labute approximate surface area is 107 Å². The molecule has 1 aromatic heterocycles. The summed E-state index contributed by atoms with van der Waals surface area (Å²) in [7, 11) is 0. The highest BCUT2D eigenvalue weighted by molar-refractivity contribution is 7.18. The molecule has 0 saturated heterocycles. The Hall–Kier alpha value is -1.11. The molecule has 2 N–H and O–H groups in total. The number of fused-ring (bicyclic) bond motifs is 1. The van der Waals surface area contributed by atoms with Gasteiger partial charge in [-0.05, 0) is 19.1 Å². The van der Waals surface area contributed by atoms with Gasteiger partial charge in [0, 0.05) is 6.54 Å². The lowest BCUT2D eigenvalue weighted by molar-refractivity contribution is -0.00439. The summed E-state index contributed by atoms with van der Waals surface area (Å²) in [4.78, 5) is 4.42. The Kier molecular flexibility index (Phi) is 4.21. The van der Waals surface area contributed by atoms with Gasteiger partial charge in [-0.15, -0.1) is 11.3 Å². The van der Waals surface area contributed by atoms with Gasteiger partial charge in [0.2, 0.25) is 0 Å². The first-order valence-corrected chi connectivity index (χ1v) is 6.44. The smallest absolute Gasteiger partial charge is 0.265 e. The van der Waals surface area contributed by atoms with Crippen molar-refractivity contribution in [3.63, 3.8) is 0 Å². The number of rotatable bonds is 5. The molecule has 0 bridgehead atoms. The highest BCUT2D eigenvalue weighted by Gasteiger charge is 2.18. The third-order valence-corrected chi connectivity index (χ3v) is 3.82. The number of alkyl halides is 2. The van der Waals surface area contributed by atoms with E-state index in [-0.39, 0.29) is 12.6 Å². The van der Waals surface area contributed by atoms with E-state index in [1.165, 1.54) is 11.3 Å². The molecule has 2 rings (SSSR count). The Bertz CT molecular complexity index is 485. The zero-order valence-electron chi connectivity index (χ0n) is 9.81. The quantitative estimate of drug-likeness (QED) is 0.879. The number of aromatic nitrogens is 1. The summed E-state index contributed by atoms with van der Waals surface area (Å²) in [5.41, 5.74) is 0.903. The van der Waals surface area contributed by atoms with Crippen molar-refractivity contribution in [1.82, 2.24) is 10.3 Å². The maximum Gasteiger partial charge on any atom is 0.265 e. The van der Waals surface area contributed by atoms with Crippen molar-refractivity contribution in [2.24, 2.45) is 0 Å². The summed E-state index contributed by atoms with van der Waals surface area (Å²) in [5.74, 6) is 0. The third-order valence-electron chi connectivity index (χ3n) is 2.60. The van der Waals surface area contributed by atoms with Crippen LogP contribution in [-0.4, -0.2) is 29.2 Å². The first kappa shape index (κ1) is 13.3. The van der Waals surface area contributed by atoms with Crippen LogP contribution in [0.3, 0.4) is 0 Å². The maximum atomic E-state index is 12.1. The highest BCUT2D eigenvalue weighted by atomic mass is 32.1. The van der Waals surface area contributed by atoms with E-state index >= 15 is 0 Å². The number of aliphatic hydroxyl groups excluding tert-OH is 1. The molecular weight excluding hydrogens is 258 g/mol.